The average Bonchev–Trinajstić information content (AvgIpc) is 2.70. The third-order valence-corrected chi connectivity index (χ3v) is 2.86. The van der Waals surface area contributed by atoms with E-state index in [2.05, 4.69) is 10.3 Å². The minimum atomic E-state index is -0.948. The maximum absolute atomic E-state index is 11.7. The molecule has 8 heteroatoms. The number of aliphatic hydroxyl groups is 2. The molecule has 1 saturated heterocycles. The van der Waals surface area contributed by atoms with Gasteiger partial charge in [0.05, 0.1) is 19.0 Å². The van der Waals surface area contributed by atoms with Crippen LogP contribution in [-0.2, 0) is 4.79 Å². The molecule has 3 unspecified atom stereocenters. The molecular weight excluding hydrogens is 228 g/mol. The molecule has 3 N–H and O–H groups in total. The van der Waals surface area contributed by atoms with Gasteiger partial charge in [0.25, 0.3) is 5.91 Å². The van der Waals surface area contributed by atoms with E-state index in [9.17, 15) is 14.7 Å². The Morgan fingerprint density at radius 1 is 1.59 bits per heavy atom. The van der Waals surface area contributed by atoms with E-state index in [4.69, 9.17) is 5.11 Å². The number of carbonyl (C=O) groups is 2. The predicted molar refractivity (Wildman–Crippen MR) is 57.2 cm³/mol. The normalized spacial score (nSPS) is 29.4. The molecule has 94 valence electrons. The van der Waals surface area contributed by atoms with E-state index < -0.39 is 36.9 Å². The molecule has 3 atom stereocenters. The molecule has 0 aromatic heterocycles. The first-order chi connectivity index (χ1) is 8.04. The number of likely N-dealkylation sites (N-methyl/N-ethyl adjacent to an activating group) is 1. The fourth-order valence-corrected chi connectivity index (χ4v) is 1.93. The number of carbonyl (C=O) groups excluding carboxylic acids is 2. The van der Waals surface area contributed by atoms with Crippen molar-refractivity contribution in [3.05, 3.63) is 0 Å². The van der Waals surface area contributed by atoms with Crippen molar-refractivity contribution in [2.24, 2.45) is 4.99 Å². The van der Waals surface area contributed by atoms with Crippen molar-refractivity contribution in [2.45, 2.75) is 18.3 Å². The van der Waals surface area contributed by atoms with E-state index in [-0.39, 0.29) is 6.54 Å². The highest BCUT2D eigenvalue weighted by Crippen LogP contribution is 2.20. The summed E-state index contributed by atoms with van der Waals surface area (Å²) in [5, 5.41) is 20.3. The highest BCUT2D eigenvalue weighted by atomic mass is 16.3. The van der Waals surface area contributed by atoms with Gasteiger partial charge in [0.1, 0.15) is 0 Å². The Balaban J connectivity index is 2.12. The molecule has 2 rings (SSSR count). The number of β-amino-alcohol motifs (C(OH)–C–C–N with tert-alkyl or cyclic N) is 1. The summed E-state index contributed by atoms with van der Waals surface area (Å²) < 4.78 is 0. The minimum Gasteiger partial charge on any atom is -0.394 e. The molecule has 3 amide bonds. The lowest BCUT2D eigenvalue weighted by molar-refractivity contribution is -0.127. The van der Waals surface area contributed by atoms with E-state index in [0.717, 1.165) is 0 Å². The Morgan fingerprint density at radius 2 is 2.29 bits per heavy atom. The lowest BCUT2D eigenvalue weighted by Gasteiger charge is -2.36. The van der Waals surface area contributed by atoms with Gasteiger partial charge in [-0.1, -0.05) is 0 Å². The van der Waals surface area contributed by atoms with Gasteiger partial charge in [0.2, 0.25) is 0 Å². The number of hydrogen-bond acceptors (Lipinski definition) is 6. The Morgan fingerprint density at radius 3 is 2.94 bits per heavy atom. The topological polar surface area (TPSA) is 105 Å². The summed E-state index contributed by atoms with van der Waals surface area (Å²) in [4.78, 5) is 29.9. The molecule has 8 nitrogen and oxygen atoms in total. The molecule has 2 aliphatic rings. The number of fused-ring (bicyclic) bond motifs is 1. The van der Waals surface area contributed by atoms with Gasteiger partial charge >= 0.3 is 6.03 Å². The monoisotopic (exact) mass is 242 g/mol. The molecule has 0 aliphatic carbocycles. The summed E-state index contributed by atoms with van der Waals surface area (Å²) in [6, 6.07) is -1.13. The van der Waals surface area contributed by atoms with Crippen molar-refractivity contribution in [1.29, 1.82) is 0 Å². The smallest absolute Gasteiger partial charge is 0.325 e. The van der Waals surface area contributed by atoms with Crippen LogP contribution in [0.2, 0.25) is 0 Å². The Hall–Kier alpha value is -1.67. The maximum atomic E-state index is 11.7. The molecule has 0 radical (unpaired) electrons. The van der Waals surface area contributed by atoms with Crippen molar-refractivity contribution >= 4 is 18.3 Å². The second-order valence-corrected chi connectivity index (χ2v) is 4.06. The summed E-state index contributed by atoms with van der Waals surface area (Å²) in [5.41, 5.74) is 0. The van der Waals surface area contributed by atoms with Gasteiger partial charge in [0, 0.05) is 13.6 Å². The van der Waals surface area contributed by atoms with Crippen LogP contribution in [0, 0.1) is 0 Å². The first-order valence-electron chi connectivity index (χ1n) is 5.20. The predicted octanol–water partition coefficient (Wildman–Crippen LogP) is -2.44. The van der Waals surface area contributed by atoms with Gasteiger partial charge < -0.3 is 20.0 Å². The van der Waals surface area contributed by atoms with Crippen LogP contribution in [-0.4, -0.2) is 76.8 Å². The number of urea groups is 1. The van der Waals surface area contributed by atoms with Crippen LogP contribution in [0.1, 0.15) is 0 Å². The van der Waals surface area contributed by atoms with Crippen LogP contribution in [0.15, 0.2) is 4.99 Å². The van der Waals surface area contributed by atoms with Gasteiger partial charge in [0.15, 0.2) is 12.2 Å². The van der Waals surface area contributed by atoms with E-state index in [0.29, 0.717) is 0 Å². The van der Waals surface area contributed by atoms with Crippen molar-refractivity contribution in [2.75, 3.05) is 20.2 Å². The van der Waals surface area contributed by atoms with Gasteiger partial charge in [-0.2, -0.15) is 0 Å². The van der Waals surface area contributed by atoms with Crippen molar-refractivity contribution in [1.82, 2.24) is 15.1 Å². The molecule has 0 bridgehead atoms. The molecule has 17 heavy (non-hydrogen) atoms. The van der Waals surface area contributed by atoms with Crippen LogP contribution in [0.25, 0.3) is 0 Å². The first-order valence-corrected chi connectivity index (χ1v) is 5.20. The third-order valence-electron chi connectivity index (χ3n) is 2.86. The Kier molecular flexibility index (Phi) is 2.99. The Labute approximate surface area is 97.5 Å². The van der Waals surface area contributed by atoms with Crippen molar-refractivity contribution in [3.63, 3.8) is 0 Å². The molecular formula is C9H14N4O4. The summed E-state index contributed by atoms with van der Waals surface area (Å²) >= 11 is 0. The van der Waals surface area contributed by atoms with Gasteiger partial charge in [-0.05, 0) is 0 Å². The van der Waals surface area contributed by atoms with E-state index in [1.807, 2.05) is 0 Å². The highest BCUT2D eigenvalue weighted by molar-refractivity contribution is 6.01. The summed E-state index contributed by atoms with van der Waals surface area (Å²) in [5.74, 6) is -0.444. The van der Waals surface area contributed by atoms with Crippen LogP contribution < -0.4 is 5.32 Å². The zero-order valence-electron chi connectivity index (χ0n) is 9.28. The largest absolute Gasteiger partial charge is 0.394 e. The molecule has 2 aliphatic heterocycles. The molecule has 0 spiro atoms. The lowest BCUT2D eigenvalue weighted by atomic mass is 10.1. The number of imide groups is 1. The number of aliphatic hydroxyl groups excluding tert-OH is 2. The number of nitrogens with zero attached hydrogens (tertiary/aromatic N) is 3. The summed E-state index contributed by atoms with van der Waals surface area (Å²) in [7, 11) is 1.54. The zero-order valence-corrected chi connectivity index (χ0v) is 9.28. The molecule has 0 aromatic rings. The second-order valence-electron chi connectivity index (χ2n) is 4.06. The van der Waals surface area contributed by atoms with Crippen molar-refractivity contribution < 1.29 is 19.8 Å². The number of nitrogens with one attached hydrogen (secondary N) is 1. The third kappa shape index (κ3) is 1.96. The zero-order chi connectivity index (χ0) is 12.6. The number of rotatable bonds is 3. The highest BCUT2D eigenvalue weighted by Gasteiger charge is 2.45. The van der Waals surface area contributed by atoms with E-state index in [1.165, 1.54) is 16.1 Å². The Bertz CT molecular complexity index is 372. The van der Waals surface area contributed by atoms with Gasteiger partial charge in [-0.3, -0.25) is 10.1 Å². The van der Waals surface area contributed by atoms with E-state index >= 15 is 0 Å². The van der Waals surface area contributed by atoms with Crippen LogP contribution >= 0.6 is 0 Å². The average molecular weight is 242 g/mol. The van der Waals surface area contributed by atoms with Gasteiger partial charge in [-0.25, -0.2) is 9.79 Å². The minimum absolute atomic E-state index is 0.0939. The van der Waals surface area contributed by atoms with Gasteiger partial charge in [-0.15, -0.1) is 0 Å². The molecule has 1 fully saturated rings. The lowest BCUT2D eigenvalue weighted by Crippen LogP contribution is -2.63. The fraction of sp³-hybridized carbons (Fsp3) is 0.667. The van der Waals surface area contributed by atoms with Crippen molar-refractivity contribution in [3.8, 4) is 0 Å². The molecule has 0 saturated carbocycles. The quantitative estimate of drug-likeness (QED) is 0.510. The second kappa shape index (κ2) is 4.30. The van der Waals surface area contributed by atoms with E-state index in [1.54, 1.807) is 7.05 Å². The van der Waals surface area contributed by atoms with Crippen LogP contribution in [0.4, 0.5) is 4.79 Å². The van der Waals surface area contributed by atoms with Crippen LogP contribution in [0.3, 0.4) is 0 Å². The summed E-state index contributed by atoms with van der Waals surface area (Å²) in [6.07, 6.45) is -0.0961. The number of amides is 3. The molecule has 0 aromatic carbocycles. The SMILES string of the molecule is CN1C(=O)NC(=O)C2C1N=CN2CC(O)CO. The number of aliphatic imine (C=N–C) groups is 1. The molecule has 2 heterocycles. The maximum Gasteiger partial charge on any atom is 0.325 e. The summed E-state index contributed by atoms with van der Waals surface area (Å²) in [6.45, 7) is -0.297. The number of hydrogen-bond donors (Lipinski definition) is 3. The first kappa shape index (κ1) is 11.8. The van der Waals surface area contributed by atoms with Crippen LogP contribution in [0.5, 0.6) is 0 Å². The fourth-order valence-electron chi connectivity index (χ4n) is 1.93. The standard InChI is InChI=1S/C9H14N4O4/c1-12-7-6(8(16)11-9(12)17)13(4-10-7)2-5(15)3-14/h4-7,14-15H,2-3H2,1H3,(H,11,16,17).